The molecule has 0 heterocycles. The van der Waals surface area contributed by atoms with Crippen molar-refractivity contribution in [2.75, 3.05) is 13.7 Å². The van der Waals surface area contributed by atoms with Crippen molar-refractivity contribution >= 4 is 0 Å². The van der Waals surface area contributed by atoms with E-state index < -0.39 is 0 Å². The summed E-state index contributed by atoms with van der Waals surface area (Å²) >= 11 is 0. The lowest BCUT2D eigenvalue weighted by molar-refractivity contribution is 0.106. The van der Waals surface area contributed by atoms with Gasteiger partial charge >= 0.3 is 0 Å². The number of ether oxygens (including phenoxy) is 1. The molecule has 2 unspecified atom stereocenters. The molecule has 94 valence electrons. The van der Waals surface area contributed by atoms with E-state index in [0.717, 1.165) is 25.8 Å². The molecular formula is C14H27NO. The first-order valence-electron chi connectivity index (χ1n) is 6.40. The Labute approximate surface area is 101 Å². The van der Waals surface area contributed by atoms with Gasteiger partial charge in [0.05, 0.1) is 6.10 Å². The van der Waals surface area contributed by atoms with E-state index in [0.29, 0.717) is 12.1 Å². The van der Waals surface area contributed by atoms with E-state index in [1.165, 1.54) is 12.8 Å². The fourth-order valence-electron chi connectivity index (χ4n) is 1.62. The normalized spacial score (nSPS) is 14.0. The summed E-state index contributed by atoms with van der Waals surface area (Å²) in [6.07, 6.45) is 6.01. The lowest BCUT2D eigenvalue weighted by Gasteiger charge is -2.19. The van der Waals surface area contributed by atoms with E-state index in [2.05, 4.69) is 31.0 Å². The topological polar surface area (TPSA) is 21.3 Å². The zero-order chi connectivity index (χ0) is 12.2. The first-order valence-corrected chi connectivity index (χ1v) is 6.40. The van der Waals surface area contributed by atoms with Crippen LogP contribution in [0.5, 0.6) is 0 Å². The van der Waals surface area contributed by atoms with Crippen LogP contribution in [0.15, 0.2) is 0 Å². The molecule has 0 amide bonds. The Morgan fingerprint density at radius 3 is 2.56 bits per heavy atom. The number of hydrogen-bond donors (Lipinski definition) is 1. The summed E-state index contributed by atoms with van der Waals surface area (Å²) in [5.41, 5.74) is 0. The second-order valence-corrected chi connectivity index (χ2v) is 4.24. The first kappa shape index (κ1) is 15.5. The zero-order valence-electron chi connectivity index (χ0n) is 11.3. The fraction of sp³-hybridized carbons (Fsp3) is 0.857. The minimum absolute atomic E-state index is 0.364. The summed E-state index contributed by atoms with van der Waals surface area (Å²) in [5, 5.41) is 3.58. The van der Waals surface area contributed by atoms with E-state index in [9.17, 15) is 0 Å². The number of hydrogen-bond acceptors (Lipinski definition) is 2. The number of rotatable bonds is 9. The maximum absolute atomic E-state index is 5.27. The number of methoxy groups -OCH3 is 1. The minimum atomic E-state index is 0.364. The predicted molar refractivity (Wildman–Crippen MR) is 70.5 cm³/mol. The van der Waals surface area contributed by atoms with E-state index in [1.807, 2.05) is 6.92 Å². The largest absolute Gasteiger partial charge is 0.382 e. The monoisotopic (exact) mass is 225 g/mol. The lowest BCUT2D eigenvalue weighted by Crippen LogP contribution is -2.30. The highest BCUT2D eigenvalue weighted by Gasteiger charge is 2.09. The molecule has 0 rings (SSSR count). The van der Waals surface area contributed by atoms with Gasteiger partial charge in [-0.3, -0.25) is 0 Å². The second kappa shape index (κ2) is 11.0. The zero-order valence-corrected chi connectivity index (χ0v) is 11.3. The average molecular weight is 225 g/mol. The van der Waals surface area contributed by atoms with Crippen LogP contribution in [0.25, 0.3) is 0 Å². The Hall–Kier alpha value is -0.520. The van der Waals surface area contributed by atoms with Crippen molar-refractivity contribution in [2.45, 2.75) is 65.0 Å². The molecule has 0 aromatic rings. The summed E-state index contributed by atoms with van der Waals surface area (Å²) in [6.45, 7) is 7.34. The summed E-state index contributed by atoms with van der Waals surface area (Å²) < 4.78 is 5.27. The maximum Gasteiger partial charge on any atom is 0.0543 e. The SMILES string of the molecule is CC#CCCC(CCC(C)OC)NCCC. The minimum Gasteiger partial charge on any atom is -0.382 e. The van der Waals surface area contributed by atoms with Crippen LogP contribution in [-0.2, 0) is 4.74 Å². The van der Waals surface area contributed by atoms with Crippen LogP contribution in [0, 0.1) is 11.8 Å². The van der Waals surface area contributed by atoms with Crippen LogP contribution in [0.3, 0.4) is 0 Å². The van der Waals surface area contributed by atoms with Gasteiger partial charge in [0.2, 0.25) is 0 Å². The van der Waals surface area contributed by atoms with Gasteiger partial charge in [0.25, 0.3) is 0 Å². The van der Waals surface area contributed by atoms with Crippen LogP contribution < -0.4 is 5.32 Å². The highest BCUT2D eigenvalue weighted by Crippen LogP contribution is 2.08. The van der Waals surface area contributed by atoms with Gasteiger partial charge in [0.1, 0.15) is 0 Å². The standard InChI is InChI=1S/C14H27NO/c1-5-7-8-9-14(15-12-6-2)11-10-13(3)16-4/h13-15H,6,8-12H2,1-4H3. The van der Waals surface area contributed by atoms with Crippen molar-refractivity contribution in [3.63, 3.8) is 0 Å². The van der Waals surface area contributed by atoms with Gasteiger partial charge in [-0.25, -0.2) is 0 Å². The Morgan fingerprint density at radius 1 is 1.25 bits per heavy atom. The second-order valence-electron chi connectivity index (χ2n) is 4.24. The third-order valence-corrected chi connectivity index (χ3v) is 2.80. The van der Waals surface area contributed by atoms with Crippen LogP contribution in [0.4, 0.5) is 0 Å². The molecule has 0 aromatic carbocycles. The highest BCUT2D eigenvalue weighted by molar-refractivity contribution is 4.95. The molecular weight excluding hydrogens is 198 g/mol. The molecule has 0 saturated carbocycles. The van der Waals surface area contributed by atoms with Crippen LogP contribution >= 0.6 is 0 Å². The molecule has 2 atom stereocenters. The van der Waals surface area contributed by atoms with Crippen molar-refractivity contribution in [1.29, 1.82) is 0 Å². The average Bonchev–Trinajstić information content (AvgIpc) is 2.31. The van der Waals surface area contributed by atoms with Crippen molar-refractivity contribution in [2.24, 2.45) is 0 Å². The molecule has 0 aliphatic carbocycles. The Balaban J connectivity index is 3.82. The van der Waals surface area contributed by atoms with Crippen LogP contribution in [0.1, 0.15) is 52.9 Å². The summed E-state index contributed by atoms with van der Waals surface area (Å²) in [7, 11) is 1.78. The third kappa shape index (κ3) is 8.76. The van der Waals surface area contributed by atoms with E-state index in [-0.39, 0.29) is 0 Å². The van der Waals surface area contributed by atoms with E-state index in [1.54, 1.807) is 7.11 Å². The fourth-order valence-corrected chi connectivity index (χ4v) is 1.62. The van der Waals surface area contributed by atoms with Crippen molar-refractivity contribution in [3.8, 4) is 11.8 Å². The van der Waals surface area contributed by atoms with Crippen LogP contribution in [-0.4, -0.2) is 25.8 Å². The molecule has 2 nitrogen and oxygen atoms in total. The summed E-state index contributed by atoms with van der Waals surface area (Å²) in [6, 6.07) is 0.596. The Bertz CT molecular complexity index is 205. The molecule has 0 radical (unpaired) electrons. The maximum atomic E-state index is 5.27. The van der Waals surface area contributed by atoms with Gasteiger partial charge in [0, 0.05) is 19.6 Å². The van der Waals surface area contributed by atoms with E-state index in [4.69, 9.17) is 4.74 Å². The first-order chi connectivity index (χ1) is 7.74. The highest BCUT2D eigenvalue weighted by atomic mass is 16.5. The Kier molecular flexibility index (Phi) is 10.6. The van der Waals surface area contributed by atoms with Crippen molar-refractivity contribution in [1.82, 2.24) is 5.32 Å². The Morgan fingerprint density at radius 2 is 2.00 bits per heavy atom. The molecule has 0 aliphatic rings. The van der Waals surface area contributed by atoms with E-state index >= 15 is 0 Å². The molecule has 2 heteroatoms. The van der Waals surface area contributed by atoms with Gasteiger partial charge in [-0.05, 0) is 46.1 Å². The molecule has 0 bridgehead atoms. The molecule has 0 aromatic heterocycles. The van der Waals surface area contributed by atoms with Gasteiger partial charge in [-0.15, -0.1) is 11.8 Å². The van der Waals surface area contributed by atoms with Crippen LogP contribution in [0.2, 0.25) is 0 Å². The molecule has 1 N–H and O–H groups in total. The number of nitrogens with one attached hydrogen (secondary N) is 1. The molecule has 16 heavy (non-hydrogen) atoms. The molecule has 0 saturated heterocycles. The summed E-state index contributed by atoms with van der Waals surface area (Å²) in [4.78, 5) is 0. The van der Waals surface area contributed by atoms with Crippen molar-refractivity contribution in [3.05, 3.63) is 0 Å². The molecule has 0 spiro atoms. The smallest absolute Gasteiger partial charge is 0.0543 e. The quantitative estimate of drug-likeness (QED) is 0.609. The van der Waals surface area contributed by atoms with Crippen molar-refractivity contribution < 1.29 is 4.74 Å². The van der Waals surface area contributed by atoms with Gasteiger partial charge in [-0.2, -0.15) is 0 Å². The predicted octanol–water partition coefficient (Wildman–Crippen LogP) is 2.97. The molecule has 0 fully saturated rings. The van der Waals surface area contributed by atoms with Gasteiger partial charge < -0.3 is 10.1 Å². The van der Waals surface area contributed by atoms with Gasteiger partial charge in [0.15, 0.2) is 0 Å². The molecule has 0 aliphatic heterocycles. The lowest BCUT2D eigenvalue weighted by atomic mass is 10.0. The third-order valence-electron chi connectivity index (χ3n) is 2.80. The van der Waals surface area contributed by atoms with Gasteiger partial charge in [-0.1, -0.05) is 6.92 Å². The summed E-state index contributed by atoms with van der Waals surface area (Å²) in [5.74, 6) is 6.09.